The summed E-state index contributed by atoms with van der Waals surface area (Å²) in [5.41, 5.74) is 2.29. The largest absolute Gasteiger partial charge is 0.467 e. The summed E-state index contributed by atoms with van der Waals surface area (Å²) in [5, 5.41) is 5.91. The Hall–Kier alpha value is -2.67. The van der Waals surface area contributed by atoms with Crippen molar-refractivity contribution in [1.29, 1.82) is 0 Å². The number of halogens is 1. The van der Waals surface area contributed by atoms with Gasteiger partial charge in [0, 0.05) is 16.2 Å². The molecule has 1 amide bonds. The van der Waals surface area contributed by atoms with Crippen molar-refractivity contribution in [1.82, 2.24) is 15.3 Å². The van der Waals surface area contributed by atoms with E-state index in [1.54, 1.807) is 24.5 Å². The standard InChI is InChI=1S/C17H15BrN4O2/c1-11-4-5-12(7-14(11)18)22-16-8-15(20-10-21-16)17(23)19-9-13-3-2-6-24-13/h2-8,10H,9H2,1H3,(H,19,23)(H,20,21,22). The number of carbonyl (C=O) groups excluding carboxylic acids is 1. The van der Waals surface area contributed by atoms with Crippen molar-refractivity contribution in [2.75, 3.05) is 5.32 Å². The van der Waals surface area contributed by atoms with Crippen LogP contribution in [-0.2, 0) is 6.54 Å². The van der Waals surface area contributed by atoms with Crippen LogP contribution < -0.4 is 10.6 Å². The summed E-state index contributed by atoms with van der Waals surface area (Å²) in [6.45, 7) is 2.32. The SMILES string of the molecule is Cc1ccc(Nc2cc(C(=O)NCc3ccco3)ncn2)cc1Br. The van der Waals surface area contributed by atoms with E-state index in [0.29, 0.717) is 18.1 Å². The van der Waals surface area contributed by atoms with Gasteiger partial charge >= 0.3 is 0 Å². The van der Waals surface area contributed by atoms with Crippen LogP contribution in [0.25, 0.3) is 0 Å². The fourth-order valence-corrected chi connectivity index (χ4v) is 2.42. The third kappa shape index (κ3) is 3.99. The Kier molecular flexibility index (Phi) is 4.90. The normalized spacial score (nSPS) is 10.4. The van der Waals surface area contributed by atoms with Gasteiger partial charge in [0.25, 0.3) is 5.91 Å². The van der Waals surface area contributed by atoms with E-state index in [9.17, 15) is 4.79 Å². The van der Waals surface area contributed by atoms with Crippen molar-refractivity contribution in [2.45, 2.75) is 13.5 Å². The zero-order chi connectivity index (χ0) is 16.9. The molecular weight excluding hydrogens is 372 g/mol. The van der Waals surface area contributed by atoms with Crippen LogP contribution in [-0.4, -0.2) is 15.9 Å². The van der Waals surface area contributed by atoms with E-state index < -0.39 is 0 Å². The second-order valence-electron chi connectivity index (χ2n) is 5.14. The van der Waals surface area contributed by atoms with E-state index in [1.807, 2.05) is 25.1 Å². The van der Waals surface area contributed by atoms with Gasteiger partial charge in [0.1, 0.15) is 23.6 Å². The number of hydrogen-bond donors (Lipinski definition) is 2. The molecule has 122 valence electrons. The molecule has 2 heterocycles. The Bertz CT molecular complexity index is 850. The van der Waals surface area contributed by atoms with Crippen LogP contribution in [0.3, 0.4) is 0 Å². The van der Waals surface area contributed by atoms with E-state index in [2.05, 4.69) is 36.5 Å². The van der Waals surface area contributed by atoms with Gasteiger partial charge in [-0.25, -0.2) is 9.97 Å². The van der Waals surface area contributed by atoms with Crippen LogP contribution in [0.2, 0.25) is 0 Å². The lowest BCUT2D eigenvalue weighted by atomic mass is 10.2. The van der Waals surface area contributed by atoms with Crippen LogP contribution in [0.15, 0.2) is 57.9 Å². The summed E-state index contributed by atoms with van der Waals surface area (Å²) in [6.07, 6.45) is 2.92. The average molecular weight is 387 g/mol. The topological polar surface area (TPSA) is 80.0 Å². The van der Waals surface area contributed by atoms with Crippen LogP contribution in [0.4, 0.5) is 11.5 Å². The fraction of sp³-hybridized carbons (Fsp3) is 0.118. The minimum Gasteiger partial charge on any atom is -0.467 e. The minimum absolute atomic E-state index is 0.283. The van der Waals surface area contributed by atoms with E-state index in [1.165, 1.54) is 6.33 Å². The monoisotopic (exact) mass is 386 g/mol. The van der Waals surface area contributed by atoms with Gasteiger partial charge in [-0.3, -0.25) is 4.79 Å². The summed E-state index contributed by atoms with van der Waals surface area (Å²) in [7, 11) is 0. The highest BCUT2D eigenvalue weighted by molar-refractivity contribution is 9.10. The molecule has 6 nitrogen and oxygen atoms in total. The lowest BCUT2D eigenvalue weighted by Crippen LogP contribution is -2.23. The third-order valence-corrected chi connectivity index (χ3v) is 4.20. The van der Waals surface area contributed by atoms with Crippen molar-refractivity contribution < 1.29 is 9.21 Å². The van der Waals surface area contributed by atoms with Gasteiger partial charge in [-0.2, -0.15) is 0 Å². The van der Waals surface area contributed by atoms with Gasteiger partial charge in [0.2, 0.25) is 0 Å². The number of nitrogens with zero attached hydrogens (tertiary/aromatic N) is 2. The van der Waals surface area contributed by atoms with Crippen LogP contribution >= 0.6 is 15.9 Å². The third-order valence-electron chi connectivity index (χ3n) is 3.35. The molecule has 2 N–H and O–H groups in total. The molecule has 0 bridgehead atoms. The number of aryl methyl sites for hydroxylation is 1. The molecule has 24 heavy (non-hydrogen) atoms. The Morgan fingerprint density at radius 1 is 1.25 bits per heavy atom. The van der Waals surface area contributed by atoms with Gasteiger partial charge in [0.05, 0.1) is 12.8 Å². The molecule has 0 aliphatic carbocycles. The molecule has 0 saturated heterocycles. The summed E-state index contributed by atoms with van der Waals surface area (Å²) < 4.78 is 6.18. The average Bonchev–Trinajstić information content (AvgIpc) is 3.10. The first-order valence-electron chi connectivity index (χ1n) is 7.27. The summed E-state index contributed by atoms with van der Waals surface area (Å²) in [4.78, 5) is 20.3. The Balaban J connectivity index is 1.68. The molecule has 1 aromatic carbocycles. The first-order valence-corrected chi connectivity index (χ1v) is 8.07. The predicted molar refractivity (Wildman–Crippen MR) is 94.1 cm³/mol. The van der Waals surface area contributed by atoms with Gasteiger partial charge in [0.15, 0.2) is 0 Å². The molecule has 0 radical (unpaired) electrons. The number of aromatic nitrogens is 2. The maximum absolute atomic E-state index is 12.2. The van der Waals surface area contributed by atoms with Gasteiger partial charge < -0.3 is 15.1 Å². The van der Waals surface area contributed by atoms with Gasteiger partial charge in [-0.15, -0.1) is 0 Å². The highest BCUT2D eigenvalue weighted by Crippen LogP contribution is 2.22. The molecule has 0 atom stereocenters. The molecule has 3 rings (SSSR count). The van der Waals surface area contributed by atoms with Crippen molar-refractivity contribution in [3.63, 3.8) is 0 Å². The highest BCUT2D eigenvalue weighted by atomic mass is 79.9. The van der Waals surface area contributed by atoms with E-state index >= 15 is 0 Å². The molecule has 0 aliphatic rings. The van der Waals surface area contributed by atoms with E-state index in [-0.39, 0.29) is 11.6 Å². The van der Waals surface area contributed by atoms with E-state index in [0.717, 1.165) is 15.7 Å². The lowest BCUT2D eigenvalue weighted by molar-refractivity contribution is 0.0943. The molecule has 0 fully saturated rings. The zero-order valence-electron chi connectivity index (χ0n) is 12.9. The predicted octanol–water partition coefficient (Wildman–Crippen LogP) is 3.81. The highest BCUT2D eigenvalue weighted by Gasteiger charge is 2.09. The quantitative estimate of drug-likeness (QED) is 0.696. The lowest BCUT2D eigenvalue weighted by Gasteiger charge is -2.08. The maximum Gasteiger partial charge on any atom is 0.270 e. The molecule has 3 aromatic rings. The van der Waals surface area contributed by atoms with Crippen LogP contribution in [0, 0.1) is 6.92 Å². The number of amides is 1. The second-order valence-corrected chi connectivity index (χ2v) is 5.99. The Morgan fingerprint density at radius 2 is 2.12 bits per heavy atom. The Labute approximate surface area is 147 Å². The summed E-state index contributed by atoms with van der Waals surface area (Å²) in [5.74, 6) is 0.936. The van der Waals surface area contributed by atoms with Crippen LogP contribution in [0.1, 0.15) is 21.8 Å². The van der Waals surface area contributed by atoms with Gasteiger partial charge in [-0.1, -0.05) is 22.0 Å². The smallest absolute Gasteiger partial charge is 0.270 e. The molecule has 0 aliphatic heterocycles. The fourth-order valence-electron chi connectivity index (χ4n) is 2.04. The summed E-state index contributed by atoms with van der Waals surface area (Å²) in [6, 6.07) is 11.1. The van der Waals surface area contributed by atoms with Crippen molar-refractivity contribution in [3.05, 3.63) is 70.5 Å². The van der Waals surface area contributed by atoms with Crippen LogP contribution in [0.5, 0.6) is 0 Å². The maximum atomic E-state index is 12.2. The number of rotatable bonds is 5. The number of benzene rings is 1. The van der Waals surface area contributed by atoms with E-state index in [4.69, 9.17) is 4.42 Å². The molecule has 0 spiro atoms. The molecule has 0 unspecified atom stereocenters. The first kappa shape index (κ1) is 16.2. The number of carbonyl (C=O) groups is 1. The molecule has 7 heteroatoms. The Morgan fingerprint density at radius 3 is 2.88 bits per heavy atom. The number of hydrogen-bond acceptors (Lipinski definition) is 5. The number of nitrogens with one attached hydrogen (secondary N) is 2. The summed E-state index contributed by atoms with van der Waals surface area (Å²) >= 11 is 3.49. The molecule has 0 saturated carbocycles. The van der Waals surface area contributed by atoms with Crippen molar-refractivity contribution >= 4 is 33.3 Å². The van der Waals surface area contributed by atoms with Gasteiger partial charge in [-0.05, 0) is 36.8 Å². The zero-order valence-corrected chi connectivity index (χ0v) is 14.5. The molecular formula is C17H15BrN4O2. The first-order chi connectivity index (χ1) is 11.6. The van der Waals surface area contributed by atoms with Crippen molar-refractivity contribution in [3.8, 4) is 0 Å². The molecule has 2 aromatic heterocycles. The number of anilines is 2. The minimum atomic E-state index is -0.290. The number of furan rings is 1. The van der Waals surface area contributed by atoms with Crippen molar-refractivity contribution in [2.24, 2.45) is 0 Å². The second kappa shape index (κ2) is 7.27.